The van der Waals surface area contributed by atoms with Gasteiger partial charge in [0.05, 0.1) is 11.8 Å². The molecule has 3 atom stereocenters. The molecule has 0 aromatic carbocycles. The number of carbonyl (C=O) groups excluding carboxylic acids is 2. The standard InChI is InChI=1S/C14H22N2O4/c1-14(2)9(10(14)13(19)20)12(18)16-7-5-4-6-8(16)11(17)15-3/h8-10H,4-7H2,1-3H3,(H,15,17)(H,19,20)/t8?,9-,10+/m0/s1. The molecule has 1 saturated carbocycles. The number of rotatable bonds is 3. The molecule has 1 heterocycles. The molecule has 20 heavy (non-hydrogen) atoms. The van der Waals surface area contributed by atoms with E-state index in [2.05, 4.69) is 5.32 Å². The number of carboxylic acid groups (broad SMARTS) is 1. The largest absolute Gasteiger partial charge is 0.481 e. The summed E-state index contributed by atoms with van der Waals surface area (Å²) in [7, 11) is 1.56. The number of carboxylic acids is 1. The smallest absolute Gasteiger partial charge is 0.307 e. The lowest BCUT2D eigenvalue weighted by molar-refractivity contribution is -0.145. The Balaban J connectivity index is 2.15. The van der Waals surface area contributed by atoms with Crippen LogP contribution in [0.3, 0.4) is 0 Å². The van der Waals surface area contributed by atoms with Crippen molar-refractivity contribution in [2.24, 2.45) is 17.3 Å². The molecule has 2 rings (SSSR count). The Morgan fingerprint density at radius 3 is 2.35 bits per heavy atom. The topological polar surface area (TPSA) is 86.7 Å². The van der Waals surface area contributed by atoms with Crippen LogP contribution in [0.15, 0.2) is 0 Å². The van der Waals surface area contributed by atoms with E-state index in [0.717, 1.165) is 12.8 Å². The molecule has 0 radical (unpaired) electrons. The van der Waals surface area contributed by atoms with Crippen molar-refractivity contribution in [3.05, 3.63) is 0 Å². The number of aliphatic carboxylic acids is 1. The van der Waals surface area contributed by atoms with Gasteiger partial charge in [-0.05, 0) is 24.7 Å². The Bertz CT molecular complexity index is 446. The van der Waals surface area contributed by atoms with E-state index in [0.29, 0.717) is 13.0 Å². The fourth-order valence-corrected chi connectivity index (χ4v) is 3.37. The van der Waals surface area contributed by atoms with E-state index in [-0.39, 0.29) is 11.8 Å². The van der Waals surface area contributed by atoms with Crippen molar-refractivity contribution in [2.45, 2.75) is 39.2 Å². The summed E-state index contributed by atoms with van der Waals surface area (Å²) in [6.45, 7) is 4.14. The number of nitrogens with zero attached hydrogens (tertiary/aromatic N) is 1. The van der Waals surface area contributed by atoms with Crippen LogP contribution in [0.2, 0.25) is 0 Å². The van der Waals surface area contributed by atoms with Crippen molar-refractivity contribution in [2.75, 3.05) is 13.6 Å². The minimum absolute atomic E-state index is 0.164. The van der Waals surface area contributed by atoms with E-state index in [1.54, 1.807) is 25.8 Å². The Morgan fingerprint density at radius 1 is 1.20 bits per heavy atom. The van der Waals surface area contributed by atoms with Crippen LogP contribution in [0.5, 0.6) is 0 Å². The van der Waals surface area contributed by atoms with Gasteiger partial charge in [0.15, 0.2) is 0 Å². The molecular formula is C14H22N2O4. The maximum absolute atomic E-state index is 12.6. The lowest BCUT2D eigenvalue weighted by atomic mass is 9.99. The first-order chi connectivity index (χ1) is 9.32. The summed E-state index contributed by atoms with van der Waals surface area (Å²) in [5.74, 6) is -2.42. The van der Waals surface area contributed by atoms with Crippen LogP contribution in [-0.4, -0.2) is 47.4 Å². The number of likely N-dealkylation sites (N-methyl/N-ethyl adjacent to an activating group) is 1. The zero-order valence-corrected chi connectivity index (χ0v) is 12.2. The van der Waals surface area contributed by atoms with Crippen molar-refractivity contribution >= 4 is 17.8 Å². The van der Waals surface area contributed by atoms with E-state index in [9.17, 15) is 19.5 Å². The molecular weight excluding hydrogens is 260 g/mol. The second-order valence-electron chi connectivity index (χ2n) is 6.27. The summed E-state index contributed by atoms with van der Waals surface area (Å²) in [5.41, 5.74) is -0.520. The Hall–Kier alpha value is -1.59. The summed E-state index contributed by atoms with van der Waals surface area (Å²) in [4.78, 5) is 37.3. The van der Waals surface area contributed by atoms with Crippen molar-refractivity contribution in [1.29, 1.82) is 0 Å². The molecule has 0 spiro atoms. The predicted octanol–water partition coefficient (Wildman–Crippen LogP) is 0.470. The van der Waals surface area contributed by atoms with Crippen molar-refractivity contribution in [1.82, 2.24) is 10.2 Å². The monoisotopic (exact) mass is 282 g/mol. The maximum atomic E-state index is 12.6. The van der Waals surface area contributed by atoms with E-state index in [1.807, 2.05) is 0 Å². The van der Waals surface area contributed by atoms with Crippen LogP contribution in [0, 0.1) is 17.3 Å². The summed E-state index contributed by atoms with van der Waals surface area (Å²) in [5, 5.41) is 11.8. The van der Waals surface area contributed by atoms with Crippen LogP contribution in [-0.2, 0) is 14.4 Å². The first-order valence-corrected chi connectivity index (χ1v) is 7.07. The molecule has 6 nitrogen and oxygen atoms in total. The third-order valence-corrected chi connectivity index (χ3v) is 4.69. The first-order valence-electron chi connectivity index (χ1n) is 7.07. The van der Waals surface area contributed by atoms with Gasteiger partial charge in [-0.1, -0.05) is 13.8 Å². The third kappa shape index (κ3) is 2.27. The van der Waals surface area contributed by atoms with Gasteiger partial charge in [-0.2, -0.15) is 0 Å². The zero-order chi connectivity index (χ0) is 15.1. The number of carbonyl (C=O) groups is 3. The molecule has 112 valence electrons. The third-order valence-electron chi connectivity index (χ3n) is 4.69. The highest BCUT2D eigenvalue weighted by Crippen LogP contribution is 2.59. The quantitative estimate of drug-likeness (QED) is 0.788. The van der Waals surface area contributed by atoms with Gasteiger partial charge in [0, 0.05) is 13.6 Å². The van der Waals surface area contributed by atoms with Gasteiger partial charge in [0.2, 0.25) is 11.8 Å². The summed E-state index contributed by atoms with van der Waals surface area (Å²) >= 11 is 0. The fourth-order valence-electron chi connectivity index (χ4n) is 3.37. The predicted molar refractivity (Wildman–Crippen MR) is 71.8 cm³/mol. The van der Waals surface area contributed by atoms with E-state index >= 15 is 0 Å². The minimum Gasteiger partial charge on any atom is -0.481 e. The molecule has 1 saturated heterocycles. The van der Waals surface area contributed by atoms with Gasteiger partial charge in [-0.3, -0.25) is 14.4 Å². The molecule has 2 N–H and O–H groups in total. The molecule has 2 amide bonds. The van der Waals surface area contributed by atoms with Crippen LogP contribution in [0.25, 0.3) is 0 Å². The van der Waals surface area contributed by atoms with Gasteiger partial charge in [-0.25, -0.2) is 0 Å². The van der Waals surface area contributed by atoms with Crippen LogP contribution >= 0.6 is 0 Å². The number of amides is 2. The number of hydrogen-bond acceptors (Lipinski definition) is 3. The molecule has 0 aromatic rings. The van der Waals surface area contributed by atoms with Crippen LogP contribution in [0.4, 0.5) is 0 Å². The minimum atomic E-state index is -0.929. The van der Waals surface area contributed by atoms with Gasteiger partial charge in [0.1, 0.15) is 6.04 Å². The van der Waals surface area contributed by atoms with Crippen LogP contribution < -0.4 is 5.32 Å². The number of hydrogen-bond donors (Lipinski definition) is 2. The van der Waals surface area contributed by atoms with Gasteiger partial charge >= 0.3 is 5.97 Å². The summed E-state index contributed by atoms with van der Waals surface area (Å²) in [6, 6.07) is -0.452. The lowest BCUT2D eigenvalue weighted by Gasteiger charge is -2.35. The van der Waals surface area contributed by atoms with Crippen molar-refractivity contribution < 1.29 is 19.5 Å². The van der Waals surface area contributed by atoms with Gasteiger partial charge < -0.3 is 15.3 Å². The number of piperidine rings is 1. The van der Waals surface area contributed by atoms with E-state index in [1.165, 1.54) is 0 Å². The molecule has 2 aliphatic rings. The lowest BCUT2D eigenvalue weighted by Crippen LogP contribution is -2.52. The second kappa shape index (κ2) is 5.07. The highest BCUT2D eigenvalue weighted by Gasteiger charge is 2.67. The van der Waals surface area contributed by atoms with Gasteiger partial charge in [-0.15, -0.1) is 0 Å². The SMILES string of the molecule is CNC(=O)C1CCCCN1C(=O)[C@@H]1[C@H](C(=O)O)C1(C)C. The highest BCUT2D eigenvalue weighted by atomic mass is 16.4. The molecule has 1 aliphatic carbocycles. The fraction of sp³-hybridized carbons (Fsp3) is 0.786. The molecule has 1 unspecified atom stereocenters. The van der Waals surface area contributed by atoms with Crippen LogP contribution in [0.1, 0.15) is 33.1 Å². The molecule has 2 fully saturated rings. The average Bonchev–Trinajstić information content (AvgIpc) is 3.00. The molecule has 1 aliphatic heterocycles. The normalized spacial score (nSPS) is 31.6. The average molecular weight is 282 g/mol. The summed E-state index contributed by atoms with van der Waals surface area (Å²) < 4.78 is 0. The second-order valence-corrected chi connectivity index (χ2v) is 6.27. The molecule has 6 heteroatoms. The maximum Gasteiger partial charge on any atom is 0.307 e. The number of nitrogens with one attached hydrogen (secondary N) is 1. The zero-order valence-electron chi connectivity index (χ0n) is 12.2. The Morgan fingerprint density at radius 2 is 1.85 bits per heavy atom. The van der Waals surface area contributed by atoms with Crippen molar-refractivity contribution in [3.8, 4) is 0 Å². The Labute approximate surface area is 118 Å². The molecule has 0 bridgehead atoms. The summed E-state index contributed by atoms with van der Waals surface area (Å²) in [6.07, 6.45) is 2.43. The number of likely N-dealkylation sites (tertiary alicyclic amines) is 1. The van der Waals surface area contributed by atoms with E-state index in [4.69, 9.17) is 0 Å². The highest BCUT2D eigenvalue weighted by molar-refractivity contribution is 5.94. The Kier molecular flexibility index (Phi) is 3.75. The van der Waals surface area contributed by atoms with Crippen molar-refractivity contribution in [3.63, 3.8) is 0 Å². The van der Waals surface area contributed by atoms with Gasteiger partial charge in [0.25, 0.3) is 0 Å². The van der Waals surface area contributed by atoms with E-state index < -0.39 is 29.3 Å². The first kappa shape index (κ1) is 14.8. The molecule has 0 aromatic heterocycles.